The molecule has 6 nitrogen and oxygen atoms in total. The lowest BCUT2D eigenvalue weighted by molar-refractivity contribution is 0.340. The number of hydrogen-bond acceptors (Lipinski definition) is 6. The highest BCUT2D eigenvalue weighted by Gasteiger charge is 2.19. The van der Waals surface area contributed by atoms with Gasteiger partial charge in [-0.2, -0.15) is 0 Å². The van der Waals surface area contributed by atoms with Gasteiger partial charge in [-0.25, -0.2) is 4.68 Å². The minimum atomic E-state index is 0.647. The fraction of sp³-hybridized carbons (Fsp3) is 0.158. The summed E-state index contributed by atoms with van der Waals surface area (Å²) in [5, 5.41) is 11.4. The number of thioether (sulfide) groups is 1. The second-order valence-electron chi connectivity index (χ2n) is 5.59. The van der Waals surface area contributed by atoms with Gasteiger partial charge < -0.3 is 9.47 Å². The van der Waals surface area contributed by atoms with Gasteiger partial charge in [-0.3, -0.25) is 5.43 Å². The van der Waals surface area contributed by atoms with Crippen LogP contribution in [0.1, 0.15) is 12.5 Å². The van der Waals surface area contributed by atoms with Gasteiger partial charge in [0, 0.05) is 16.5 Å². The molecule has 0 saturated carbocycles. The van der Waals surface area contributed by atoms with E-state index in [-0.39, 0.29) is 0 Å². The molecule has 132 valence electrons. The maximum atomic E-state index is 5.50. The topological polar surface area (TPSA) is 61.2 Å². The number of nitrogens with one attached hydrogen (secondary N) is 1. The number of aromatic nitrogens is 3. The zero-order valence-corrected chi connectivity index (χ0v) is 15.3. The average molecular weight is 366 g/mol. The number of rotatable bonds is 5. The van der Waals surface area contributed by atoms with Gasteiger partial charge in [-0.1, -0.05) is 11.8 Å². The number of methoxy groups -OCH3 is 1. The molecule has 7 heteroatoms. The lowest BCUT2D eigenvalue weighted by atomic mass is 10.2. The van der Waals surface area contributed by atoms with E-state index in [1.807, 2.05) is 65.5 Å². The van der Waals surface area contributed by atoms with Crippen molar-refractivity contribution in [3.8, 4) is 22.9 Å². The Morgan fingerprint density at radius 3 is 2.35 bits per heavy atom. The molecule has 26 heavy (non-hydrogen) atoms. The van der Waals surface area contributed by atoms with E-state index in [0.717, 1.165) is 39.3 Å². The van der Waals surface area contributed by atoms with E-state index < -0.39 is 0 Å². The van der Waals surface area contributed by atoms with Crippen LogP contribution in [0.3, 0.4) is 0 Å². The Morgan fingerprint density at radius 2 is 1.65 bits per heavy atom. The van der Waals surface area contributed by atoms with Crippen LogP contribution in [0.15, 0.2) is 59.1 Å². The highest BCUT2D eigenvalue weighted by Crippen LogP contribution is 2.32. The lowest BCUT2D eigenvalue weighted by Gasteiger charge is -2.19. The maximum Gasteiger partial charge on any atom is 0.214 e. The normalized spacial score (nSPS) is 12.8. The monoisotopic (exact) mass is 366 g/mol. The molecule has 4 rings (SSSR count). The Kier molecular flexibility index (Phi) is 4.53. The van der Waals surface area contributed by atoms with Crippen molar-refractivity contribution in [3.05, 3.63) is 59.5 Å². The Bertz CT molecular complexity index is 933. The van der Waals surface area contributed by atoms with E-state index in [9.17, 15) is 0 Å². The SMILES string of the molecule is CCOc1ccc(-c2nnc3n2NC(c2ccc(OC)cc2)=CS3)cc1. The fourth-order valence-electron chi connectivity index (χ4n) is 2.66. The molecule has 1 aliphatic rings. The van der Waals surface area contributed by atoms with E-state index in [4.69, 9.17) is 9.47 Å². The van der Waals surface area contributed by atoms with Crippen LogP contribution in [-0.4, -0.2) is 28.6 Å². The molecule has 0 spiro atoms. The van der Waals surface area contributed by atoms with Gasteiger partial charge in [0.25, 0.3) is 0 Å². The first-order chi connectivity index (χ1) is 12.8. The zero-order chi connectivity index (χ0) is 17.9. The van der Waals surface area contributed by atoms with Crippen molar-refractivity contribution in [3.63, 3.8) is 0 Å². The van der Waals surface area contributed by atoms with E-state index >= 15 is 0 Å². The summed E-state index contributed by atoms with van der Waals surface area (Å²) in [6.45, 7) is 2.62. The first kappa shape index (κ1) is 16.5. The Hall–Kier alpha value is -2.93. The molecule has 0 unspecified atom stereocenters. The third-order valence-corrected chi connectivity index (χ3v) is 4.80. The minimum absolute atomic E-state index is 0.647. The van der Waals surface area contributed by atoms with Crippen LogP contribution in [0, 0.1) is 0 Å². The molecule has 3 aromatic rings. The number of hydrogen-bond donors (Lipinski definition) is 1. The molecular formula is C19H18N4O2S. The van der Waals surface area contributed by atoms with E-state index in [2.05, 4.69) is 15.6 Å². The van der Waals surface area contributed by atoms with Crippen LogP contribution in [-0.2, 0) is 0 Å². The van der Waals surface area contributed by atoms with Crippen molar-refractivity contribution in [1.82, 2.24) is 14.9 Å². The van der Waals surface area contributed by atoms with Crippen LogP contribution in [0.5, 0.6) is 11.5 Å². The first-order valence-electron chi connectivity index (χ1n) is 8.25. The second-order valence-corrected chi connectivity index (χ2v) is 6.43. The average Bonchev–Trinajstić information content (AvgIpc) is 3.12. The summed E-state index contributed by atoms with van der Waals surface area (Å²) in [5.41, 5.74) is 6.41. The summed E-state index contributed by atoms with van der Waals surface area (Å²) in [6.07, 6.45) is 0. The summed E-state index contributed by atoms with van der Waals surface area (Å²) in [5.74, 6) is 2.43. The van der Waals surface area contributed by atoms with Gasteiger partial charge in [0.15, 0.2) is 5.82 Å². The molecule has 1 aromatic heterocycles. The number of ether oxygens (including phenoxy) is 2. The van der Waals surface area contributed by atoms with Gasteiger partial charge in [0.1, 0.15) is 11.5 Å². The Labute approximate surface area is 155 Å². The Balaban J connectivity index is 1.61. The van der Waals surface area contributed by atoms with Crippen molar-refractivity contribution >= 4 is 17.5 Å². The first-order valence-corrected chi connectivity index (χ1v) is 9.13. The largest absolute Gasteiger partial charge is 0.497 e. The van der Waals surface area contributed by atoms with E-state index in [1.54, 1.807) is 7.11 Å². The molecule has 0 aliphatic carbocycles. The number of nitrogens with zero attached hydrogens (tertiary/aromatic N) is 3. The zero-order valence-electron chi connectivity index (χ0n) is 14.5. The van der Waals surface area contributed by atoms with Gasteiger partial charge in [-0.05, 0) is 55.5 Å². The summed E-state index contributed by atoms with van der Waals surface area (Å²) in [7, 11) is 1.66. The summed E-state index contributed by atoms with van der Waals surface area (Å²) >= 11 is 1.54. The quantitative estimate of drug-likeness (QED) is 0.736. The highest BCUT2D eigenvalue weighted by molar-refractivity contribution is 8.02. The summed E-state index contributed by atoms with van der Waals surface area (Å²) in [4.78, 5) is 0. The van der Waals surface area contributed by atoms with Crippen LogP contribution >= 0.6 is 11.8 Å². The highest BCUT2D eigenvalue weighted by atomic mass is 32.2. The van der Waals surface area contributed by atoms with Crippen molar-refractivity contribution in [2.45, 2.75) is 12.1 Å². The summed E-state index contributed by atoms with van der Waals surface area (Å²) < 4.78 is 12.6. The number of fused-ring (bicyclic) bond motifs is 1. The number of benzene rings is 2. The third-order valence-electron chi connectivity index (χ3n) is 3.97. The summed E-state index contributed by atoms with van der Waals surface area (Å²) in [6, 6.07) is 15.8. The van der Waals surface area contributed by atoms with Crippen molar-refractivity contribution in [1.29, 1.82) is 0 Å². The molecule has 1 aliphatic heterocycles. The van der Waals surface area contributed by atoms with Crippen molar-refractivity contribution < 1.29 is 9.47 Å². The van der Waals surface area contributed by atoms with Gasteiger partial charge in [-0.15, -0.1) is 10.2 Å². The molecule has 0 saturated heterocycles. The Morgan fingerprint density at radius 1 is 0.962 bits per heavy atom. The fourth-order valence-corrected chi connectivity index (χ4v) is 3.40. The van der Waals surface area contributed by atoms with Crippen LogP contribution < -0.4 is 14.9 Å². The van der Waals surface area contributed by atoms with E-state index in [1.165, 1.54) is 11.8 Å². The standard InChI is InChI=1S/C19H18N4O2S/c1-3-25-16-10-6-14(7-11-16)18-20-21-19-23(18)22-17(12-26-19)13-4-8-15(24-2)9-5-13/h4-12,22H,3H2,1-2H3. The predicted octanol–water partition coefficient (Wildman–Crippen LogP) is 4.00. The lowest BCUT2D eigenvalue weighted by Crippen LogP contribution is -2.18. The van der Waals surface area contributed by atoms with Gasteiger partial charge in [0.2, 0.25) is 5.16 Å². The van der Waals surface area contributed by atoms with E-state index in [0.29, 0.717) is 6.61 Å². The van der Waals surface area contributed by atoms with Crippen LogP contribution in [0.2, 0.25) is 0 Å². The van der Waals surface area contributed by atoms with Crippen LogP contribution in [0.4, 0.5) is 0 Å². The molecular weight excluding hydrogens is 348 g/mol. The molecule has 2 aromatic carbocycles. The van der Waals surface area contributed by atoms with Gasteiger partial charge in [0.05, 0.1) is 19.4 Å². The minimum Gasteiger partial charge on any atom is -0.497 e. The molecule has 1 N–H and O–H groups in total. The van der Waals surface area contributed by atoms with Crippen molar-refractivity contribution in [2.75, 3.05) is 19.1 Å². The molecule has 0 amide bonds. The maximum absolute atomic E-state index is 5.50. The van der Waals surface area contributed by atoms with Crippen molar-refractivity contribution in [2.24, 2.45) is 0 Å². The molecule has 0 radical (unpaired) electrons. The predicted molar refractivity (Wildman–Crippen MR) is 103 cm³/mol. The third kappa shape index (κ3) is 3.13. The van der Waals surface area contributed by atoms with Crippen LogP contribution in [0.25, 0.3) is 17.1 Å². The smallest absolute Gasteiger partial charge is 0.214 e. The molecule has 0 atom stereocenters. The van der Waals surface area contributed by atoms with Gasteiger partial charge >= 0.3 is 0 Å². The molecule has 2 heterocycles. The molecule has 0 fully saturated rings. The second kappa shape index (κ2) is 7.13. The molecule has 0 bridgehead atoms.